The van der Waals surface area contributed by atoms with Crippen molar-refractivity contribution in [2.45, 2.75) is 94.3 Å². The predicted octanol–water partition coefficient (Wildman–Crippen LogP) is 0.838. The van der Waals surface area contributed by atoms with Crippen molar-refractivity contribution >= 4 is 56.2 Å². The summed E-state index contributed by atoms with van der Waals surface area (Å²) in [6.07, 6.45) is 1.88. The van der Waals surface area contributed by atoms with Crippen molar-refractivity contribution in [3.8, 4) is 5.75 Å². The molecular weight excluding hydrogens is 728 g/mol. The first kappa shape index (κ1) is 37.3. The number of alkyl halides is 1. The Labute approximate surface area is 301 Å². The Morgan fingerprint density at radius 1 is 1.29 bits per heavy atom. The first-order valence-corrected chi connectivity index (χ1v) is 18.5. The number of nitrogen functional groups attached to an aromatic ring is 1. The number of carboxylic acids is 1. The normalized spacial score (nSPS) is 29.5. The minimum Gasteiger partial charge on any atom is -0.485 e. The van der Waals surface area contributed by atoms with Crippen LogP contribution in [-0.2, 0) is 40.3 Å². The van der Waals surface area contributed by atoms with Gasteiger partial charge in [-0.1, -0.05) is 5.16 Å². The van der Waals surface area contributed by atoms with Crippen molar-refractivity contribution in [2.24, 2.45) is 27.0 Å². The number of nitrogens with zero attached hydrogens (tertiary/aromatic N) is 4. The quantitative estimate of drug-likeness (QED) is 0.0574. The van der Waals surface area contributed by atoms with Crippen LogP contribution in [0.25, 0.3) is 0 Å². The summed E-state index contributed by atoms with van der Waals surface area (Å²) in [5.41, 5.74) is 13.5. The average molecular weight is 767 g/mol. The first-order valence-electron chi connectivity index (χ1n) is 16.2. The van der Waals surface area contributed by atoms with Gasteiger partial charge >= 0.3 is 16.4 Å². The minimum absolute atomic E-state index is 0.00242. The second-order valence-corrected chi connectivity index (χ2v) is 16.4. The number of carbonyl (C=O) groups is 3. The number of carbonyl (C=O) groups excluding carboxylic acids is 2. The van der Waals surface area contributed by atoms with Crippen molar-refractivity contribution in [3.05, 3.63) is 40.4 Å². The molecule has 3 fully saturated rings. The van der Waals surface area contributed by atoms with Gasteiger partial charge in [0.25, 0.3) is 17.4 Å². The van der Waals surface area contributed by atoms with E-state index >= 15 is 4.39 Å². The lowest BCUT2D eigenvalue weighted by atomic mass is 9.49. The number of anilines is 1. The summed E-state index contributed by atoms with van der Waals surface area (Å²) >= 11 is 0.950. The molecule has 3 atom stereocenters. The molecule has 0 bridgehead atoms. The second kappa shape index (κ2) is 12.9. The molecule has 4 aliphatic rings. The SMILES string of the molecule is CC1(C)[C@H](NC(=O)/C(=N\O[C@](C)(C(=O)O)[C@H]2CCc3cc(C(N)=NCC4(F)CC5(CC(N)C5)C4)ccc3O2)c2csc(N)n2)C(=O)N1OS(=O)(=O)O. The average Bonchev–Trinajstić information content (AvgIpc) is 3.47. The van der Waals surface area contributed by atoms with Crippen LogP contribution < -0.4 is 27.3 Å². The molecule has 1 aromatic heterocycles. The van der Waals surface area contributed by atoms with Gasteiger partial charge in [-0.3, -0.25) is 19.1 Å². The summed E-state index contributed by atoms with van der Waals surface area (Å²) < 4.78 is 56.9. The van der Waals surface area contributed by atoms with Crippen molar-refractivity contribution in [1.29, 1.82) is 0 Å². The monoisotopic (exact) mass is 766 g/mol. The summed E-state index contributed by atoms with van der Waals surface area (Å²) in [5.74, 6) is -3.00. The number of nitrogens with two attached hydrogens (primary N) is 3. The number of hydrogen-bond donors (Lipinski definition) is 6. The number of aryl methyl sites for hydroxylation is 1. The van der Waals surface area contributed by atoms with Crippen molar-refractivity contribution < 1.29 is 50.7 Å². The van der Waals surface area contributed by atoms with Crippen LogP contribution in [0.2, 0.25) is 0 Å². The van der Waals surface area contributed by atoms with Gasteiger partial charge in [0.15, 0.2) is 16.9 Å². The van der Waals surface area contributed by atoms with Gasteiger partial charge in [-0.25, -0.2) is 14.2 Å². The van der Waals surface area contributed by atoms with Crippen LogP contribution in [0.4, 0.5) is 9.52 Å². The highest BCUT2D eigenvalue weighted by Gasteiger charge is 2.60. The summed E-state index contributed by atoms with van der Waals surface area (Å²) in [7, 11) is -5.04. The molecule has 1 spiro atoms. The molecule has 0 radical (unpaired) electrons. The number of halogens is 1. The van der Waals surface area contributed by atoms with Crippen LogP contribution in [0.5, 0.6) is 5.75 Å². The van der Waals surface area contributed by atoms with E-state index in [1.807, 2.05) is 0 Å². The Kier molecular flexibility index (Phi) is 9.26. The smallest absolute Gasteiger partial charge is 0.418 e. The van der Waals surface area contributed by atoms with E-state index in [0.29, 0.717) is 41.2 Å². The molecule has 2 aliphatic heterocycles. The van der Waals surface area contributed by atoms with E-state index in [-0.39, 0.29) is 41.1 Å². The molecule has 0 unspecified atom stereocenters. The molecule has 18 nitrogen and oxygen atoms in total. The molecule has 21 heteroatoms. The molecule has 2 aliphatic carbocycles. The van der Waals surface area contributed by atoms with Crippen LogP contribution in [0.15, 0.2) is 33.7 Å². The van der Waals surface area contributed by atoms with Crippen molar-refractivity contribution in [3.63, 3.8) is 0 Å². The van der Waals surface area contributed by atoms with E-state index in [1.165, 1.54) is 26.2 Å². The van der Waals surface area contributed by atoms with Gasteiger partial charge in [-0.2, -0.15) is 13.5 Å². The predicted molar refractivity (Wildman–Crippen MR) is 183 cm³/mol. The lowest BCUT2D eigenvalue weighted by Gasteiger charge is -2.59. The molecule has 2 amide bonds. The van der Waals surface area contributed by atoms with E-state index in [4.69, 9.17) is 31.3 Å². The lowest BCUT2D eigenvalue weighted by Crippen LogP contribution is -2.76. The molecule has 3 heterocycles. The number of β-lactam (4-membered cyclic amide) rings is 1. The standard InChI is InChI=1S/C31H39FN8O10S2/c1-28(2)22(25(42)40(28)50-52(45,46)47)38-24(41)21(18-11-51-27(35)37-18)39-49-29(3,26(43)44)20-7-5-15-8-16(4-6-19(15)48-20)23(34)36-14-31(32)12-30(13-31)9-17(33)10-30/h4,6,8,11,17,20,22H,5,7,9-10,12-14,33H2,1-3H3,(H2,34,36)(H2,35,37)(H,38,41)(H,43,44)(H,45,46,47)/b39-21-/t17?,20-,22-,29+,30?,31?/m1/s1. The van der Waals surface area contributed by atoms with Gasteiger partial charge in [0.1, 0.15) is 29.0 Å². The summed E-state index contributed by atoms with van der Waals surface area (Å²) in [6.45, 7) is 3.88. The third-order valence-corrected chi connectivity index (χ3v) is 11.1. The van der Waals surface area contributed by atoms with Crippen LogP contribution in [0.3, 0.4) is 0 Å². The Balaban J connectivity index is 1.15. The number of nitrogens with one attached hydrogen (secondary N) is 1. The minimum atomic E-state index is -5.04. The summed E-state index contributed by atoms with van der Waals surface area (Å²) in [5, 5.41) is 18.3. The molecule has 9 N–H and O–H groups in total. The van der Waals surface area contributed by atoms with E-state index < -0.39 is 62.8 Å². The number of ether oxygens (including phenoxy) is 1. The summed E-state index contributed by atoms with van der Waals surface area (Å²) in [4.78, 5) is 52.7. The fourth-order valence-electron chi connectivity index (χ4n) is 7.40. The third kappa shape index (κ3) is 7.01. The highest BCUT2D eigenvalue weighted by Crippen LogP contribution is 2.61. The van der Waals surface area contributed by atoms with Crippen molar-refractivity contribution in [1.82, 2.24) is 15.4 Å². The molecule has 6 rings (SSSR count). The molecule has 282 valence electrons. The zero-order valence-electron chi connectivity index (χ0n) is 28.4. The Morgan fingerprint density at radius 2 is 1.98 bits per heavy atom. The Bertz CT molecular complexity index is 1970. The number of hydroxylamine groups is 2. The van der Waals surface area contributed by atoms with Gasteiger partial charge in [0, 0.05) is 17.0 Å². The van der Waals surface area contributed by atoms with E-state index in [9.17, 15) is 27.9 Å². The second-order valence-electron chi connectivity index (χ2n) is 14.6. The number of aromatic nitrogens is 1. The van der Waals surface area contributed by atoms with Gasteiger partial charge < -0.3 is 37.2 Å². The molecular formula is C31H39FN8O10S2. The maximum Gasteiger partial charge on any atom is 0.418 e. The number of hydrogen-bond acceptors (Lipinski definition) is 14. The van der Waals surface area contributed by atoms with E-state index in [1.54, 1.807) is 18.2 Å². The van der Waals surface area contributed by atoms with Gasteiger partial charge in [-0.15, -0.1) is 15.6 Å². The molecule has 2 aromatic rings. The number of fused-ring (bicyclic) bond motifs is 1. The number of amidine groups is 1. The number of thiazole rings is 1. The number of amides is 2. The van der Waals surface area contributed by atoms with E-state index in [0.717, 1.165) is 24.2 Å². The largest absolute Gasteiger partial charge is 0.485 e. The number of oxime groups is 1. The number of rotatable bonds is 12. The number of aliphatic imine (C=N–C) groups is 1. The topological polar surface area (TPSA) is 284 Å². The fourth-order valence-corrected chi connectivity index (χ4v) is 8.40. The first-order chi connectivity index (χ1) is 24.1. The van der Waals surface area contributed by atoms with Gasteiger partial charge in [0.05, 0.1) is 12.1 Å². The number of benzene rings is 1. The molecule has 1 aromatic carbocycles. The Morgan fingerprint density at radius 3 is 2.56 bits per heavy atom. The summed E-state index contributed by atoms with van der Waals surface area (Å²) in [6, 6.07) is 3.78. The van der Waals surface area contributed by atoms with Crippen molar-refractivity contribution in [2.75, 3.05) is 12.3 Å². The molecule has 1 saturated heterocycles. The zero-order chi connectivity index (χ0) is 38.0. The molecule has 52 heavy (non-hydrogen) atoms. The third-order valence-electron chi connectivity index (χ3n) is 10.1. The highest BCUT2D eigenvalue weighted by molar-refractivity contribution is 7.80. The zero-order valence-corrected chi connectivity index (χ0v) is 30.0. The van der Waals surface area contributed by atoms with Crippen LogP contribution in [0, 0.1) is 5.41 Å². The maximum atomic E-state index is 15.2. The fraction of sp³-hybridized carbons (Fsp3) is 0.548. The highest BCUT2D eigenvalue weighted by atomic mass is 32.3. The van der Waals surface area contributed by atoms with Gasteiger partial charge in [-0.05, 0) is 88.5 Å². The lowest BCUT2D eigenvalue weighted by molar-refractivity contribution is -0.218. The number of aliphatic carboxylic acids is 1. The van der Waals surface area contributed by atoms with Crippen LogP contribution >= 0.6 is 11.3 Å². The number of carboxylic acid groups (broad SMARTS) is 1. The molecule has 2 saturated carbocycles. The van der Waals surface area contributed by atoms with Crippen LogP contribution in [-0.4, -0.2) is 99.0 Å². The Hall–Kier alpha value is -4.44. The van der Waals surface area contributed by atoms with Gasteiger partial charge in [0.2, 0.25) is 0 Å². The van der Waals surface area contributed by atoms with E-state index in [2.05, 4.69) is 24.7 Å². The maximum absolute atomic E-state index is 15.2. The van der Waals surface area contributed by atoms with Crippen LogP contribution in [0.1, 0.15) is 69.7 Å².